The number of benzene rings is 1. The zero-order valence-electron chi connectivity index (χ0n) is 10.1. The van der Waals surface area contributed by atoms with Crippen molar-refractivity contribution >= 4 is 17.6 Å². The molecule has 0 bridgehead atoms. The highest BCUT2D eigenvalue weighted by Crippen LogP contribution is 2.33. The highest BCUT2D eigenvalue weighted by Gasteiger charge is 2.31. The Morgan fingerprint density at radius 2 is 1.76 bits per heavy atom. The monoisotopic (exact) mass is 230 g/mol. The molecule has 3 nitrogen and oxygen atoms in total. The number of hydrogen-bond donors (Lipinski definition) is 1. The summed E-state index contributed by atoms with van der Waals surface area (Å²) in [5.74, 6) is -1.19. The van der Waals surface area contributed by atoms with Gasteiger partial charge in [0, 0.05) is 5.57 Å². The van der Waals surface area contributed by atoms with Crippen LogP contribution in [0.4, 0.5) is 0 Å². The molecule has 88 valence electrons. The third-order valence-electron chi connectivity index (χ3n) is 3.04. The van der Waals surface area contributed by atoms with Crippen LogP contribution >= 0.6 is 0 Å². The van der Waals surface area contributed by atoms with Crippen LogP contribution in [0.25, 0.3) is 6.08 Å². The van der Waals surface area contributed by atoms with Gasteiger partial charge in [-0.3, -0.25) is 9.59 Å². The number of carbonyl (C=O) groups is 2. The molecule has 1 N–H and O–H groups in total. The van der Waals surface area contributed by atoms with Crippen molar-refractivity contribution in [2.24, 2.45) is 5.92 Å². The third-order valence-corrected chi connectivity index (χ3v) is 3.04. The Morgan fingerprint density at radius 3 is 2.35 bits per heavy atom. The Kier molecular flexibility index (Phi) is 2.62. The van der Waals surface area contributed by atoms with Gasteiger partial charge in [-0.05, 0) is 30.0 Å². The van der Waals surface area contributed by atoms with Gasteiger partial charge in [0.05, 0.1) is 5.56 Å². The summed E-state index contributed by atoms with van der Waals surface area (Å²) in [5, 5.41) is 9.85. The fourth-order valence-electron chi connectivity index (χ4n) is 1.98. The molecule has 0 radical (unpaired) electrons. The molecule has 0 saturated carbocycles. The van der Waals surface area contributed by atoms with Crippen LogP contribution in [0.2, 0.25) is 0 Å². The fourth-order valence-corrected chi connectivity index (χ4v) is 1.98. The molecule has 2 rings (SSSR count). The maximum absolute atomic E-state index is 12.0. The number of hydrogen-bond acceptors (Lipinski definition) is 3. The summed E-state index contributed by atoms with van der Waals surface area (Å²) in [5.41, 5.74) is 1.87. The Hall–Kier alpha value is -1.90. The van der Waals surface area contributed by atoms with Crippen molar-refractivity contribution in [3.8, 4) is 5.75 Å². The number of phenolic OH excluding ortho intramolecular Hbond substituents is 1. The summed E-state index contributed by atoms with van der Waals surface area (Å²) in [6.45, 7) is 5.45. The SMILES string of the molecule is Cc1ccc2c(c1O)C(=O)C(=O)C(C(C)C)=C2. The number of rotatable bonds is 1. The van der Waals surface area contributed by atoms with E-state index in [0.29, 0.717) is 16.7 Å². The van der Waals surface area contributed by atoms with E-state index in [-0.39, 0.29) is 17.2 Å². The van der Waals surface area contributed by atoms with Crippen molar-refractivity contribution in [2.45, 2.75) is 20.8 Å². The summed E-state index contributed by atoms with van der Waals surface area (Å²) in [4.78, 5) is 23.8. The molecule has 0 fully saturated rings. The maximum Gasteiger partial charge on any atom is 0.237 e. The van der Waals surface area contributed by atoms with Gasteiger partial charge >= 0.3 is 0 Å². The normalized spacial score (nSPS) is 14.9. The molecule has 1 aliphatic rings. The van der Waals surface area contributed by atoms with Crippen molar-refractivity contribution in [1.82, 2.24) is 0 Å². The Bertz CT molecular complexity index is 551. The van der Waals surface area contributed by atoms with E-state index in [1.165, 1.54) is 0 Å². The lowest BCUT2D eigenvalue weighted by Crippen LogP contribution is -2.24. The van der Waals surface area contributed by atoms with Crippen LogP contribution in [-0.2, 0) is 4.79 Å². The molecular weight excluding hydrogens is 216 g/mol. The molecular formula is C14H14O3. The number of aromatic hydroxyl groups is 1. The zero-order valence-corrected chi connectivity index (χ0v) is 10.1. The third kappa shape index (κ3) is 1.68. The van der Waals surface area contributed by atoms with Crippen molar-refractivity contribution in [3.05, 3.63) is 34.4 Å². The number of carbonyl (C=O) groups excluding carboxylic acids is 2. The zero-order chi connectivity index (χ0) is 12.7. The summed E-state index contributed by atoms with van der Waals surface area (Å²) in [7, 11) is 0. The molecule has 0 atom stereocenters. The number of Topliss-reactive ketones (excluding diaryl/α,β-unsaturated/α-hetero) is 2. The van der Waals surface area contributed by atoms with Gasteiger partial charge in [0.25, 0.3) is 0 Å². The molecule has 1 aromatic carbocycles. The quantitative estimate of drug-likeness (QED) is 0.754. The number of aryl methyl sites for hydroxylation is 1. The van der Waals surface area contributed by atoms with E-state index in [9.17, 15) is 14.7 Å². The van der Waals surface area contributed by atoms with E-state index in [1.54, 1.807) is 25.1 Å². The van der Waals surface area contributed by atoms with Crippen LogP contribution in [-0.4, -0.2) is 16.7 Å². The maximum atomic E-state index is 12.0. The minimum absolute atomic E-state index is 0.00282. The lowest BCUT2D eigenvalue weighted by molar-refractivity contribution is -0.112. The van der Waals surface area contributed by atoms with Crippen molar-refractivity contribution < 1.29 is 14.7 Å². The molecule has 0 unspecified atom stereocenters. The number of fused-ring (bicyclic) bond motifs is 1. The van der Waals surface area contributed by atoms with Crippen LogP contribution in [0.1, 0.15) is 35.3 Å². The van der Waals surface area contributed by atoms with Gasteiger partial charge in [-0.1, -0.05) is 26.0 Å². The minimum Gasteiger partial charge on any atom is -0.507 e. The average molecular weight is 230 g/mol. The van der Waals surface area contributed by atoms with E-state index in [4.69, 9.17) is 0 Å². The van der Waals surface area contributed by atoms with Gasteiger partial charge in [0.15, 0.2) is 0 Å². The van der Waals surface area contributed by atoms with Crippen molar-refractivity contribution in [3.63, 3.8) is 0 Å². The van der Waals surface area contributed by atoms with Crippen LogP contribution in [0.3, 0.4) is 0 Å². The molecule has 1 aliphatic carbocycles. The predicted octanol–water partition coefficient (Wildman–Crippen LogP) is 2.51. The minimum atomic E-state index is -0.604. The number of phenols is 1. The molecule has 0 spiro atoms. The van der Waals surface area contributed by atoms with Crippen molar-refractivity contribution in [1.29, 1.82) is 0 Å². The van der Waals surface area contributed by atoms with Gasteiger partial charge in [-0.15, -0.1) is 0 Å². The second-order valence-corrected chi connectivity index (χ2v) is 4.61. The molecule has 0 amide bonds. The summed E-state index contributed by atoms with van der Waals surface area (Å²) in [6, 6.07) is 3.50. The average Bonchev–Trinajstić information content (AvgIpc) is 2.27. The first-order valence-electron chi connectivity index (χ1n) is 5.56. The first kappa shape index (κ1) is 11.6. The molecule has 17 heavy (non-hydrogen) atoms. The summed E-state index contributed by atoms with van der Waals surface area (Å²) in [6.07, 6.45) is 1.70. The van der Waals surface area contributed by atoms with Crippen LogP contribution in [0.15, 0.2) is 17.7 Å². The van der Waals surface area contributed by atoms with Gasteiger partial charge < -0.3 is 5.11 Å². The van der Waals surface area contributed by atoms with Gasteiger partial charge in [-0.2, -0.15) is 0 Å². The predicted molar refractivity (Wildman–Crippen MR) is 65.0 cm³/mol. The van der Waals surface area contributed by atoms with Gasteiger partial charge in [0.2, 0.25) is 11.6 Å². The van der Waals surface area contributed by atoms with Gasteiger partial charge in [-0.25, -0.2) is 0 Å². The number of ketones is 2. The Morgan fingerprint density at radius 1 is 1.12 bits per heavy atom. The van der Waals surface area contributed by atoms with E-state index >= 15 is 0 Å². The van der Waals surface area contributed by atoms with E-state index in [0.717, 1.165) is 0 Å². The fraction of sp³-hybridized carbons (Fsp3) is 0.286. The highest BCUT2D eigenvalue weighted by atomic mass is 16.3. The topological polar surface area (TPSA) is 54.4 Å². The standard InChI is InChI=1S/C14H14O3/c1-7(2)10-6-9-5-4-8(3)12(15)11(9)14(17)13(10)16/h4-7,15H,1-3H3. The lowest BCUT2D eigenvalue weighted by Gasteiger charge is -2.18. The second kappa shape index (κ2) is 3.84. The number of allylic oxidation sites excluding steroid dienone is 1. The van der Waals surface area contributed by atoms with E-state index in [1.807, 2.05) is 13.8 Å². The van der Waals surface area contributed by atoms with Crippen LogP contribution in [0, 0.1) is 12.8 Å². The highest BCUT2D eigenvalue weighted by molar-refractivity contribution is 6.52. The largest absolute Gasteiger partial charge is 0.507 e. The second-order valence-electron chi connectivity index (χ2n) is 4.61. The summed E-state index contributed by atoms with van der Waals surface area (Å²) < 4.78 is 0. The molecule has 0 heterocycles. The van der Waals surface area contributed by atoms with Gasteiger partial charge in [0.1, 0.15) is 5.75 Å². The first-order valence-corrected chi connectivity index (χ1v) is 5.56. The van der Waals surface area contributed by atoms with Crippen LogP contribution < -0.4 is 0 Å². The first-order chi connectivity index (χ1) is 7.93. The molecule has 3 heteroatoms. The van der Waals surface area contributed by atoms with Crippen molar-refractivity contribution in [2.75, 3.05) is 0 Å². The molecule has 1 aromatic rings. The lowest BCUT2D eigenvalue weighted by atomic mass is 9.84. The Labute approximate surface area is 99.8 Å². The molecule has 0 aromatic heterocycles. The van der Waals surface area contributed by atoms with E-state index < -0.39 is 11.6 Å². The smallest absolute Gasteiger partial charge is 0.237 e. The summed E-state index contributed by atoms with van der Waals surface area (Å²) >= 11 is 0. The molecule has 0 saturated heterocycles. The molecule has 0 aliphatic heterocycles. The van der Waals surface area contributed by atoms with Crippen LogP contribution in [0.5, 0.6) is 5.75 Å². The Balaban J connectivity index is 2.72. The van der Waals surface area contributed by atoms with E-state index in [2.05, 4.69) is 0 Å².